The van der Waals surface area contributed by atoms with Crippen LogP contribution >= 0.6 is 15.9 Å². The Morgan fingerprint density at radius 1 is 1.35 bits per heavy atom. The Hall–Kier alpha value is -1.09. The highest BCUT2D eigenvalue weighted by atomic mass is 79.9. The second-order valence-corrected chi connectivity index (χ2v) is 5.11. The van der Waals surface area contributed by atoms with Crippen molar-refractivity contribution in [2.75, 3.05) is 12.4 Å². The molecule has 0 spiro atoms. The summed E-state index contributed by atoms with van der Waals surface area (Å²) in [6.45, 7) is 4.32. The van der Waals surface area contributed by atoms with Gasteiger partial charge in [-0.25, -0.2) is 4.98 Å². The Morgan fingerprint density at radius 3 is 2.76 bits per heavy atom. The van der Waals surface area contributed by atoms with Crippen LogP contribution in [0.25, 0.3) is 10.9 Å². The minimum Gasteiger partial charge on any atom is -0.373 e. The number of hydrogen-bond acceptors (Lipinski definition) is 2. The van der Waals surface area contributed by atoms with E-state index in [1.54, 1.807) is 0 Å². The zero-order valence-electron chi connectivity index (χ0n) is 10.5. The molecule has 0 atom stereocenters. The molecule has 0 aliphatic carbocycles. The first kappa shape index (κ1) is 12.4. The number of halogens is 1. The number of aromatic nitrogens is 1. The van der Waals surface area contributed by atoms with Crippen molar-refractivity contribution >= 4 is 32.7 Å². The number of anilines is 1. The van der Waals surface area contributed by atoms with Crippen molar-refractivity contribution in [3.8, 4) is 0 Å². The van der Waals surface area contributed by atoms with E-state index in [2.05, 4.69) is 53.3 Å². The van der Waals surface area contributed by atoms with Crippen LogP contribution < -0.4 is 5.32 Å². The Morgan fingerprint density at radius 2 is 2.12 bits per heavy atom. The Labute approximate surface area is 111 Å². The van der Waals surface area contributed by atoms with Crippen LogP contribution in [-0.4, -0.2) is 12.0 Å². The van der Waals surface area contributed by atoms with Crippen LogP contribution in [0.2, 0.25) is 0 Å². The number of benzene rings is 1. The van der Waals surface area contributed by atoms with E-state index in [1.807, 2.05) is 7.05 Å². The fraction of sp³-hybridized carbons (Fsp3) is 0.357. The topological polar surface area (TPSA) is 24.9 Å². The molecule has 0 unspecified atom stereocenters. The molecule has 0 aliphatic heterocycles. The quantitative estimate of drug-likeness (QED) is 0.912. The third kappa shape index (κ3) is 2.29. The predicted octanol–water partition coefficient (Wildman–Crippen LogP) is 4.30. The second-order valence-electron chi connectivity index (χ2n) is 4.26. The highest BCUT2D eigenvalue weighted by Crippen LogP contribution is 2.29. The fourth-order valence-electron chi connectivity index (χ4n) is 2.08. The van der Waals surface area contributed by atoms with E-state index in [0.29, 0.717) is 0 Å². The molecule has 0 amide bonds. The van der Waals surface area contributed by atoms with Crippen molar-refractivity contribution in [3.05, 3.63) is 33.8 Å². The lowest BCUT2D eigenvalue weighted by atomic mass is 10.0. The molecule has 0 fully saturated rings. The van der Waals surface area contributed by atoms with Gasteiger partial charge in [0, 0.05) is 16.9 Å². The number of pyridine rings is 1. The lowest BCUT2D eigenvalue weighted by Crippen LogP contribution is -2.00. The van der Waals surface area contributed by atoms with Gasteiger partial charge in [0.1, 0.15) is 5.82 Å². The van der Waals surface area contributed by atoms with Crippen molar-refractivity contribution in [1.29, 1.82) is 0 Å². The van der Waals surface area contributed by atoms with E-state index in [4.69, 9.17) is 4.98 Å². The minimum absolute atomic E-state index is 0.991. The summed E-state index contributed by atoms with van der Waals surface area (Å²) in [5.74, 6) is 0.991. The number of nitrogens with one attached hydrogen (secondary N) is 1. The molecule has 2 aromatic rings. The molecule has 2 rings (SSSR count). The van der Waals surface area contributed by atoms with Crippen LogP contribution in [0, 0.1) is 6.92 Å². The molecular formula is C14H17BrN2. The van der Waals surface area contributed by atoms with Crippen LogP contribution in [0.5, 0.6) is 0 Å². The molecule has 3 heteroatoms. The van der Waals surface area contributed by atoms with E-state index in [1.165, 1.54) is 16.5 Å². The highest BCUT2D eigenvalue weighted by Gasteiger charge is 2.09. The van der Waals surface area contributed by atoms with Crippen molar-refractivity contribution in [2.24, 2.45) is 0 Å². The standard InChI is InChI=1S/C14H17BrN2/c1-4-5-10-8-11-9(2)6-7-12(15)13(11)17-14(10)16-3/h6-8H,4-5H2,1-3H3,(H,16,17). The predicted molar refractivity (Wildman–Crippen MR) is 77.7 cm³/mol. The van der Waals surface area contributed by atoms with E-state index in [-0.39, 0.29) is 0 Å². The number of rotatable bonds is 3. The van der Waals surface area contributed by atoms with Gasteiger partial charge in [-0.3, -0.25) is 0 Å². The number of nitrogens with zero attached hydrogens (tertiary/aromatic N) is 1. The molecule has 1 heterocycles. The normalized spacial score (nSPS) is 10.8. The Bertz CT molecular complexity index is 549. The van der Waals surface area contributed by atoms with Gasteiger partial charge < -0.3 is 5.32 Å². The summed E-state index contributed by atoms with van der Waals surface area (Å²) in [6.07, 6.45) is 2.19. The molecule has 0 saturated carbocycles. The molecule has 1 N–H and O–H groups in total. The largest absolute Gasteiger partial charge is 0.373 e. The number of fused-ring (bicyclic) bond motifs is 1. The average Bonchev–Trinajstić information content (AvgIpc) is 2.34. The summed E-state index contributed by atoms with van der Waals surface area (Å²) >= 11 is 3.57. The van der Waals surface area contributed by atoms with Crippen LogP contribution in [0.4, 0.5) is 5.82 Å². The lowest BCUT2D eigenvalue weighted by molar-refractivity contribution is 0.918. The number of aryl methyl sites for hydroxylation is 2. The zero-order chi connectivity index (χ0) is 12.4. The summed E-state index contributed by atoms with van der Waals surface area (Å²) in [6, 6.07) is 6.45. The van der Waals surface area contributed by atoms with Crippen LogP contribution in [0.3, 0.4) is 0 Å². The molecule has 2 nitrogen and oxygen atoms in total. The Balaban J connectivity index is 2.73. The average molecular weight is 293 g/mol. The Kier molecular flexibility index (Phi) is 3.67. The summed E-state index contributed by atoms with van der Waals surface area (Å²) in [7, 11) is 1.93. The van der Waals surface area contributed by atoms with E-state index in [0.717, 1.165) is 28.6 Å². The van der Waals surface area contributed by atoms with Gasteiger partial charge in [-0.05, 0) is 52.5 Å². The van der Waals surface area contributed by atoms with E-state index in [9.17, 15) is 0 Å². The van der Waals surface area contributed by atoms with Gasteiger partial charge in [-0.1, -0.05) is 19.4 Å². The molecule has 0 radical (unpaired) electrons. The van der Waals surface area contributed by atoms with Gasteiger partial charge in [0.25, 0.3) is 0 Å². The molecule has 0 saturated heterocycles. The van der Waals surface area contributed by atoms with Crippen LogP contribution in [0.15, 0.2) is 22.7 Å². The first-order valence-corrected chi connectivity index (χ1v) is 6.73. The van der Waals surface area contributed by atoms with Gasteiger partial charge in [0.15, 0.2) is 0 Å². The van der Waals surface area contributed by atoms with Gasteiger partial charge in [-0.2, -0.15) is 0 Å². The first-order valence-electron chi connectivity index (χ1n) is 5.93. The fourth-order valence-corrected chi connectivity index (χ4v) is 2.52. The molecular weight excluding hydrogens is 276 g/mol. The molecule has 17 heavy (non-hydrogen) atoms. The van der Waals surface area contributed by atoms with Crippen molar-refractivity contribution in [3.63, 3.8) is 0 Å². The van der Waals surface area contributed by atoms with Crippen molar-refractivity contribution in [2.45, 2.75) is 26.7 Å². The summed E-state index contributed by atoms with van der Waals surface area (Å²) in [5.41, 5.74) is 3.61. The maximum absolute atomic E-state index is 4.71. The smallest absolute Gasteiger partial charge is 0.129 e. The van der Waals surface area contributed by atoms with Gasteiger partial charge >= 0.3 is 0 Å². The molecule has 90 valence electrons. The van der Waals surface area contributed by atoms with Crippen LogP contribution in [-0.2, 0) is 6.42 Å². The zero-order valence-corrected chi connectivity index (χ0v) is 12.1. The van der Waals surface area contributed by atoms with E-state index < -0.39 is 0 Å². The molecule has 0 bridgehead atoms. The van der Waals surface area contributed by atoms with Crippen molar-refractivity contribution < 1.29 is 0 Å². The highest BCUT2D eigenvalue weighted by molar-refractivity contribution is 9.10. The maximum Gasteiger partial charge on any atom is 0.129 e. The van der Waals surface area contributed by atoms with E-state index >= 15 is 0 Å². The van der Waals surface area contributed by atoms with Gasteiger partial charge in [-0.15, -0.1) is 0 Å². The second kappa shape index (κ2) is 5.05. The third-order valence-electron chi connectivity index (χ3n) is 2.99. The SMILES string of the molecule is CCCc1cc2c(C)ccc(Br)c2nc1NC. The molecule has 1 aromatic carbocycles. The number of hydrogen-bond donors (Lipinski definition) is 1. The maximum atomic E-state index is 4.71. The summed E-state index contributed by atoms with van der Waals surface area (Å²) in [4.78, 5) is 4.71. The first-order chi connectivity index (χ1) is 8.17. The lowest BCUT2D eigenvalue weighted by Gasteiger charge is -2.11. The van der Waals surface area contributed by atoms with Crippen LogP contribution in [0.1, 0.15) is 24.5 Å². The van der Waals surface area contributed by atoms with Gasteiger partial charge in [0.2, 0.25) is 0 Å². The minimum atomic E-state index is 0.991. The summed E-state index contributed by atoms with van der Waals surface area (Å²) in [5, 5.41) is 4.43. The monoisotopic (exact) mass is 292 g/mol. The van der Waals surface area contributed by atoms with Gasteiger partial charge in [0.05, 0.1) is 5.52 Å². The summed E-state index contributed by atoms with van der Waals surface area (Å²) < 4.78 is 1.05. The molecule has 0 aliphatic rings. The third-order valence-corrected chi connectivity index (χ3v) is 3.63. The van der Waals surface area contributed by atoms with Crippen molar-refractivity contribution in [1.82, 2.24) is 4.98 Å². The molecule has 1 aromatic heterocycles.